The van der Waals surface area contributed by atoms with Crippen LogP contribution in [0.4, 0.5) is 0 Å². The minimum absolute atomic E-state index is 0.0430. The van der Waals surface area contributed by atoms with E-state index in [1.807, 2.05) is 24.3 Å². The van der Waals surface area contributed by atoms with E-state index in [1.165, 1.54) is 9.91 Å². The number of nitrogens with two attached hydrogens (primary N) is 1. The van der Waals surface area contributed by atoms with Crippen molar-refractivity contribution in [3.05, 3.63) is 58.3 Å². The number of carbonyl (C=O) groups excluding carboxylic acids is 1. The zero-order valence-corrected chi connectivity index (χ0v) is 14.5. The lowest BCUT2D eigenvalue weighted by atomic mass is 10.2. The SMILES string of the molecule is CCN1C(=O)C(N=O)=C(N)N2NN(COCc3ccc(OC)cc3)C=C12. The molecule has 0 atom stereocenters. The molecule has 2 aliphatic heterocycles. The monoisotopic (exact) mass is 360 g/mol. The van der Waals surface area contributed by atoms with Crippen molar-refractivity contribution in [2.75, 3.05) is 20.4 Å². The normalized spacial score (nSPS) is 16.8. The number of hydrogen-bond acceptors (Lipinski definition) is 9. The highest BCUT2D eigenvalue weighted by atomic mass is 16.5. The molecule has 0 aliphatic carbocycles. The Balaban J connectivity index is 1.64. The number of nitroso groups, excluding NO2 is 1. The molecule has 0 fully saturated rings. The first-order valence-corrected chi connectivity index (χ1v) is 7.99. The van der Waals surface area contributed by atoms with Crippen molar-refractivity contribution in [3.63, 3.8) is 0 Å². The average Bonchev–Trinajstić information content (AvgIpc) is 3.07. The third-order valence-electron chi connectivity index (χ3n) is 4.00. The molecule has 10 heteroatoms. The summed E-state index contributed by atoms with van der Waals surface area (Å²) in [5.41, 5.74) is 9.49. The summed E-state index contributed by atoms with van der Waals surface area (Å²) in [6.45, 7) is 2.77. The predicted molar refractivity (Wildman–Crippen MR) is 91.9 cm³/mol. The molecule has 0 aromatic heterocycles. The molecule has 1 amide bonds. The smallest absolute Gasteiger partial charge is 0.285 e. The zero-order valence-electron chi connectivity index (χ0n) is 14.5. The fourth-order valence-electron chi connectivity index (χ4n) is 2.66. The molecule has 1 aromatic carbocycles. The van der Waals surface area contributed by atoms with Gasteiger partial charge in [0.1, 0.15) is 12.5 Å². The van der Waals surface area contributed by atoms with E-state index in [0.717, 1.165) is 11.3 Å². The molecule has 1 aromatic rings. The van der Waals surface area contributed by atoms with Gasteiger partial charge in [0.25, 0.3) is 5.91 Å². The van der Waals surface area contributed by atoms with E-state index in [0.29, 0.717) is 19.0 Å². The third-order valence-corrected chi connectivity index (χ3v) is 4.00. The molecule has 3 N–H and O–H groups in total. The number of rotatable bonds is 7. The van der Waals surface area contributed by atoms with E-state index < -0.39 is 5.91 Å². The Bertz CT molecular complexity index is 761. The van der Waals surface area contributed by atoms with Crippen LogP contribution in [0.1, 0.15) is 12.5 Å². The van der Waals surface area contributed by atoms with E-state index >= 15 is 0 Å². The Morgan fingerprint density at radius 1 is 1.27 bits per heavy atom. The molecule has 138 valence electrons. The molecule has 0 saturated heterocycles. The van der Waals surface area contributed by atoms with Gasteiger partial charge in [-0.3, -0.25) is 14.7 Å². The number of likely N-dealkylation sites (N-methyl/N-ethyl adjacent to an activating group) is 1. The molecule has 26 heavy (non-hydrogen) atoms. The Hall–Kier alpha value is -3.11. The number of ether oxygens (including phenoxy) is 2. The van der Waals surface area contributed by atoms with Gasteiger partial charge in [-0.25, -0.2) is 5.01 Å². The quantitative estimate of drug-likeness (QED) is 0.686. The van der Waals surface area contributed by atoms with Crippen LogP contribution in [0.15, 0.2) is 53.0 Å². The van der Waals surface area contributed by atoms with E-state index in [9.17, 15) is 9.70 Å². The lowest BCUT2D eigenvalue weighted by molar-refractivity contribution is -0.127. The van der Waals surface area contributed by atoms with E-state index in [-0.39, 0.29) is 18.2 Å². The van der Waals surface area contributed by atoms with Crippen molar-refractivity contribution in [2.24, 2.45) is 10.9 Å². The summed E-state index contributed by atoms with van der Waals surface area (Å²) >= 11 is 0. The molecule has 0 spiro atoms. The summed E-state index contributed by atoms with van der Waals surface area (Å²) in [7, 11) is 1.61. The molecule has 3 rings (SSSR count). The van der Waals surface area contributed by atoms with Crippen molar-refractivity contribution in [1.29, 1.82) is 0 Å². The highest BCUT2D eigenvalue weighted by molar-refractivity contribution is 5.96. The first kappa shape index (κ1) is 17.7. The fourth-order valence-corrected chi connectivity index (χ4v) is 2.66. The summed E-state index contributed by atoms with van der Waals surface area (Å²) in [5, 5.41) is 5.80. The maximum absolute atomic E-state index is 12.2. The number of hydrazine groups is 2. The van der Waals surface area contributed by atoms with Crippen molar-refractivity contribution in [1.82, 2.24) is 20.5 Å². The lowest BCUT2D eigenvalue weighted by Crippen LogP contribution is -2.51. The van der Waals surface area contributed by atoms with Crippen LogP contribution in [-0.2, 0) is 16.1 Å². The number of fused-ring (bicyclic) bond motifs is 1. The molecular weight excluding hydrogens is 340 g/mol. The summed E-state index contributed by atoms with van der Waals surface area (Å²) in [6.07, 6.45) is 1.68. The number of nitrogens with zero attached hydrogens (tertiary/aromatic N) is 4. The van der Waals surface area contributed by atoms with Crippen LogP contribution >= 0.6 is 0 Å². The second kappa shape index (κ2) is 7.42. The van der Waals surface area contributed by atoms with Crippen LogP contribution < -0.4 is 16.0 Å². The lowest BCUT2D eigenvalue weighted by Gasteiger charge is -2.33. The molecular formula is C16H20N6O4. The van der Waals surface area contributed by atoms with Crippen LogP contribution in [0.5, 0.6) is 5.75 Å². The second-order valence-electron chi connectivity index (χ2n) is 5.59. The Morgan fingerprint density at radius 3 is 2.62 bits per heavy atom. The summed E-state index contributed by atoms with van der Waals surface area (Å²) in [4.78, 5) is 24.6. The van der Waals surface area contributed by atoms with Gasteiger partial charge in [-0.15, -0.1) is 10.4 Å². The van der Waals surface area contributed by atoms with E-state index in [2.05, 4.69) is 10.7 Å². The molecule has 0 bridgehead atoms. The third kappa shape index (κ3) is 3.19. The first-order valence-electron chi connectivity index (χ1n) is 7.99. The van der Waals surface area contributed by atoms with Crippen molar-refractivity contribution >= 4 is 5.91 Å². The van der Waals surface area contributed by atoms with Gasteiger partial charge < -0.3 is 15.2 Å². The van der Waals surface area contributed by atoms with Gasteiger partial charge in [0, 0.05) is 6.54 Å². The van der Waals surface area contributed by atoms with Gasteiger partial charge in [0.05, 0.1) is 19.9 Å². The minimum Gasteiger partial charge on any atom is -0.497 e. The number of carbonyl (C=O) groups is 1. The topological polar surface area (TPSA) is 113 Å². The highest BCUT2D eigenvalue weighted by Crippen LogP contribution is 2.27. The van der Waals surface area contributed by atoms with Gasteiger partial charge in [0.2, 0.25) is 5.70 Å². The number of nitrogens with one attached hydrogen (secondary N) is 1. The van der Waals surface area contributed by atoms with Gasteiger partial charge in [0.15, 0.2) is 11.6 Å². The Kier molecular flexibility index (Phi) is 5.05. The molecule has 0 radical (unpaired) electrons. The van der Waals surface area contributed by atoms with Crippen molar-refractivity contribution < 1.29 is 14.3 Å². The van der Waals surface area contributed by atoms with E-state index in [4.69, 9.17) is 15.2 Å². The van der Waals surface area contributed by atoms with Gasteiger partial charge in [-0.2, -0.15) is 0 Å². The maximum Gasteiger partial charge on any atom is 0.285 e. The standard InChI is InChI=1S/C16H20N6O4/c1-3-21-13-8-20(19-22(13)15(17)14(18-24)16(21)23)10-26-9-11-4-6-12(25-2)7-5-11/h4-8,19H,3,9-10,17H2,1-2H3. The van der Waals surface area contributed by atoms with Crippen molar-refractivity contribution in [3.8, 4) is 5.75 Å². The summed E-state index contributed by atoms with van der Waals surface area (Å²) in [6, 6.07) is 7.55. The Morgan fingerprint density at radius 2 is 2.00 bits per heavy atom. The zero-order chi connectivity index (χ0) is 18.7. The Labute approximate surface area is 150 Å². The van der Waals surface area contributed by atoms with Crippen LogP contribution in [0.3, 0.4) is 0 Å². The number of benzene rings is 1. The fraction of sp³-hybridized carbons (Fsp3) is 0.312. The molecule has 2 aliphatic rings. The van der Waals surface area contributed by atoms with Crippen LogP contribution in [0.25, 0.3) is 0 Å². The van der Waals surface area contributed by atoms with Crippen LogP contribution in [-0.4, -0.2) is 41.2 Å². The largest absolute Gasteiger partial charge is 0.497 e. The number of methoxy groups -OCH3 is 1. The van der Waals surface area contributed by atoms with Crippen molar-refractivity contribution in [2.45, 2.75) is 13.5 Å². The maximum atomic E-state index is 12.2. The first-order chi connectivity index (χ1) is 12.6. The minimum atomic E-state index is -0.523. The van der Waals surface area contributed by atoms with E-state index in [1.54, 1.807) is 25.2 Å². The van der Waals surface area contributed by atoms with Gasteiger partial charge in [-0.05, 0) is 29.8 Å². The number of hydrogen-bond donors (Lipinski definition) is 2. The summed E-state index contributed by atoms with van der Waals surface area (Å²) in [5.74, 6) is 0.724. The number of amides is 1. The van der Waals surface area contributed by atoms with Gasteiger partial charge >= 0.3 is 0 Å². The summed E-state index contributed by atoms with van der Waals surface area (Å²) < 4.78 is 10.8. The molecule has 2 heterocycles. The second-order valence-corrected chi connectivity index (χ2v) is 5.59. The molecule has 0 saturated carbocycles. The van der Waals surface area contributed by atoms with Crippen LogP contribution in [0.2, 0.25) is 0 Å². The highest BCUT2D eigenvalue weighted by Gasteiger charge is 2.39. The predicted octanol–water partition coefficient (Wildman–Crippen LogP) is 0.762. The van der Waals surface area contributed by atoms with Gasteiger partial charge in [-0.1, -0.05) is 12.1 Å². The molecule has 0 unspecified atom stereocenters. The van der Waals surface area contributed by atoms with Crippen LogP contribution in [0, 0.1) is 4.91 Å². The molecule has 10 nitrogen and oxygen atoms in total. The average molecular weight is 360 g/mol.